The summed E-state index contributed by atoms with van der Waals surface area (Å²) in [6.07, 6.45) is 4.79. The van der Waals surface area contributed by atoms with Crippen molar-refractivity contribution in [3.8, 4) is 5.75 Å². The predicted octanol–water partition coefficient (Wildman–Crippen LogP) is 4.45. The number of nitrogens with zero attached hydrogens (tertiary/aromatic N) is 1. The van der Waals surface area contributed by atoms with E-state index in [9.17, 15) is 0 Å². The first kappa shape index (κ1) is 24.6. The fourth-order valence-electron chi connectivity index (χ4n) is 3.44. The molecule has 3 rings (SSSR count). The van der Waals surface area contributed by atoms with Crippen molar-refractivity contribution in [2.75, 3.05) is 38.7 Å². The van der Waals surface area contributed by atoms with Crippen LogP contribution in [0.15, 0.2) is 29.3 Å². The van der Waals surface area contributed by atoms with Crippen molar-refractivity contribution < 1.29 is 9.47 Å². The summed E-state index contributed by atoms with van der Waals surface area (Å²) in [5.74, 6) is 3.72. The molecule has 1 saturated carbocycles. The molecule has 0 radical (unpaired) electrons. The van der Waals surface area contributed by atoms with Gasteiger partial charge in [-0.3, -0.25) is 0 Å². The lowest BCUT2D eigenvalue weighted by atomic mass is 9.99. The van der Waals surface area contributed by atoms with Crippen molar-refractivity contribution in [2.45, 2.75) is 50.8 Å². The molecule has 1 aromatic carbocycles. The first-order valence-electron chi connectivity index (χ1n) is 10.7. The van der Waals surface area contributed by atoms with Crippen LogP contribution in [0.2, 0.25) is 0 Å². The predicted molar refractivity (Wildman–Crippen MR) is 134 cm³/mol. The average molecular weight is 534 g/mol. The quantitative estimate of drug-likeness (QED) is 0.265. The van der Waals surface area contributed by atoms with E-state index in [1.807, 2.05) is 17.8 Å². The van der Waals surface area contributed by atoms with Crippen LogP contribution in [-0.2, 0) is 11.3 Å². The second-order valence-corrected chi connectivity index (χ2v) is 9.37. The van der Waals surface area contributed by atoms with Crippen molar-refractivity contribution >= 4 is 41.7 Å². The van der Waals surface area contributed by atoms with Crippen LogP contribution >= 0.6 is 35.7 Å². The zero-order chi connectivity index (χ0) is 19.7. The molecule has 0 amide bonds. The zero-order valence-electron chi connectivity index (χ0n) is 17.7. The van der Waals surface area contributed by atoms with Crippen LogP contribution in [0.3, 0.4) is 0 Å². The minimum absolute atomic E-state index is 0. The van der Waals surface area contributed by atoms with Crippen LogP contribution < -0.4 is 15.4 Å². The molecular formula is C22H36IN3O2S. The van der Waals surface area contributed by atoms with E-state index in [-0.39, 0.29) is 28.7 Å². The molecule has 0 bridgehead atoms. The first-order chi connectivity index (χ1) is 13.7. The molecule has 5 nitrogen and oxygen atoms in total. The highest BCUT2D eigenvalue weighted by molar-refractivity contribution is 14.0. The molecule has 2 aliphatic rings. The number of benzene rings is 1. The number of ether oxygens (including phenoxy) is 2. The number of halogens is 1. The number of hydrogen-bond donors (Lipinski definition) is 2. The van der Waals surface area contributed by atoms with E-state index in [0.717, 1.165) is 74.7 Å². The smallest absolute Gasteiger partial charge is 0.191 e. The van der Waals surface area contributed by atoms with Gasteiger partial charge in [0.1, 0.15) is 5.75 Å². The van der Waals surface area contributed by atoms with Crippen molar-refractivity contribution in [2.24, 2.45) is 10.9 Å². The Labute approximate surface area is 197 Å². The molecule has 1 aliphatic heterocycles. The summed E-state index contributed by atoms with van der Waals surface area (Å²) in [5.41, 5.74) is 1.14. The molecule has 0 spiro atoms. The van der Waals surface area contributed by atoms with Gasteiger partial charge in [0, 0.05) is 36.6 Å². The van der Waals surface area contributed by atoms with E-state index in [2.05, 4.69) is 42.7 Å². The molecule has 1 aliphatic carbocycles. The third-order valence-corrected chi connectivity index (χ3v) is 6.78. The highest BCUT2D eigenvalue weighted by Gasteiger charge is 2.32. The second-order valence-electron chi connectivity index (χ2n) is 7.64. The van der Waals surface area contributed by atoms with Gasteiger partial charge in [-0.2, -0.15) is 11.8 Å². The maximum absolute atomic E-state index is 6.03. The van der Waals surface area contributed by atoms with Crippen LogP contribution in [0.4, 0.5) is 0 Å². The van der Waals surface area contributed by atoms with Crippen LogP contribution in [-0.4, -0.2) is 49.4 Å². The first-order valence-corrected chi connectivity index (χ1v) is 11.7. The maximum Gasteiger partial charge on any atom is 0.191 e. The van der Waals surface area contributed by atoms with E-state index in [4.69, 9.17) is 14.5 Å². The Morgan fingerprint density at radius 2 is 1.97 bits per heavy atom. The molecule has 0 atom stereocenters. The summed E-state index contributed by atoms with van der Waals surface area (Å²) < 4.78 is 11.9. The Balaban J connectivity index is 0.00000300. The minimum atomic E-state index is 0. The van der Waals surface area contributed by atoms with Crippen molar-refractivity contribution in [3.05, 3.63) is 29.8 Å². The number of guanidine groups is 1. The van der Waals surface area contributed by atoms with Gasteiger partial charge in [0.25, 0.3) is 0 Å². The normalized spacial score (nSPS) is 18.6. The van der Waals surface area contributed by atoms with E-state index in [1.54, 1.807) is 0 Å². The summed E-state index contributed by atoms with van der Waals surface area (Å²) in [6.45, 7) is 9.27. The fraction of sp³-hybridized carbons (Fsp3) is 0.682. The highest BCUT2D eigenvalue weighted by Crippen LogP contribution is 2.34. The fourth-order valence-corrected chi connectivity index (χ4v) is 4.68. The van der Waals surface area contributed by atoms with Crippen LogP contribution in [0, 0.1) is 5.92 Å². The van der Waals surface area contributed by atoms with Gasteiger partial charge in [0.05, 0.1) is 13.2 Å². The lowest BCUT2D eigenvalue weighted by Gasteiger charge is -2.37. The number of aliphatic imine (C=N–C) groups is 1. The molecule has 0 unspecified atom stereocenters. The summed E-state index contributed by atoms with van der Waals surface area (Å²) in [4.78, 5) is 4.84. The number of thioether (sulfide) groups is 1. The van der Waals surface area contributed by atoms with E-state index in [1.165, 1.54) is 12.8 Å². The number of nitrogens with one attached hydrogen (secondary N) is 2. The standard InChI is InChI=1S/C22H35N3O2S.HI/c1-3-23-21(25-17-22(28-4-2)11-13-26-14-12-22)24-15-19-7-5-6-8-20(19)27-16-18-9-10-18;/h5-8,18H,3-4,9-17H2,1-2H3,(H2,23,24,25);1H. The Kier molecular flexibility index (Phi) is 10.9. The highest BCUT2D eigenvalue weighted by atomic mass is 127. The maximum atomic E-state index is 6.03. The molecule has 0 aromatic heterocycles. The van der Waals surface area contributed by atoms with Crippen LogP contribution in [0.1, 0.15) is 45.1 Å². The minimum Gasteiger partial charge on any atom is -0.493 e. The summed E-state index contributed by atoms with van der Waals surface area (Å²) in [6, 6.07) is 8.27. The van der Waals surface area contributed by atoms with Crippen LogP contribution in [0.5, 0.6) is 5.75 Å². The largest absolute Gasteiger partial charge is 0.493 e. The van der Waals surface area contributed by atoms with Gasteiger partial charge in [-0.1, -0.05) is 25.1 Å². The second kappa shape index (κ2) is 12.9. The molecule has 7 heteroatoms. The summed E-state index contributed by atoms with van der Waals surface area (Å²) >= 11 is 2.05. The third kappa shape index (κ3) is 8.17. The van der Waals surface area contributed by atoms with Gasteiger partial charge in [-0.15, -0.1) is 24.0 Å². The summed E-state index contributed by atoms with van der Waals surface area (Å²) in [5, 5.41) is 6.98. The Bertz CT molecular complexity index is 629. The molecule has 2 fully saturated rings. The zero-order valence-corrected chi connectivity index (χ0v) is 20.9. The molecule has 1 aromatic rings. The topological polar surface area (TPSA) is 54.9 Å². The number of rotatable bonds is 10. The Hall–Kier alpha value is -0.670. The van der Waals surface area contributed by atoms with E-state index >= 15 is 0 Å². The van der Waals surface area contributed by atoms with E-state index in [0.29, 0.717) is 6.54 Å². The third-order valence-electron chi connectivity index (χ3n) is 5.33. The van der Waals surface area contributed by atoms with Crippen LogP contribution in [0.25, 0.3) is 0 Å². The lowest BCUT2D eigenvalue weighted by Crippen LogP contribution is -2.48. The molecule has 164 valence electrons. The molecule has 29 heavy (non-hydrogen) atoms. The van der Waals surface area contributed by atoms with Gasteiger partial charge < -0.3 is 20.1 Å². The van der Waals surface area contributed by atoms with Gasteiger partial charge >= 0.3 is 0 Å². The van der Waals surface area contributed by atoms with Crippen molar-refractivity contribution in [3.63, 3.8) is 0 Å². The molecule has 2 N–H and O–H groups in total. The number of hydrogen-bond acceptors (Lipinski definition) is 4. The lowest BCUT2D eigenvalue weighted by molar-refractivity contribution is 0.0782. The molecule has 1 heterocycles. The molecular weight excluding hydrogens is 497 g/mol. The summed E-state index contributed by atoms with van der Waals surface area (Å²) in [7, 11) is 0. The Morgan fingerprint density at radius 1 is 1.21 bits per heavy atom. The van der Waals surface area contributed by atoms with Gasteiger partial charge in [-0.25, -0.2) is 4.99 Å². The SMILES string of the molecule is CCNC(=NCc1ccccc1OCC1CC1)NCC1(SCC)CCOCC1.I. The van der Waals surface area contributed by atoms with Crippen molar-refractivity contribution in [1.82, 2.24) is 10.6 Å². The number of para-hydroxylation sites is 1. The Morgan fingerprint density at radius 3 is 2.66 bits per heavy atom. The molecule has 1 saturated heterocycles. The van der Waals surface area contributed by atoms with Crippen molar-refractivity contribution in [1.29, 1.82) is 0 Å². The van der Waals surface area contributed by atoms with Gasteiger partial charge in [-0.05, 0) is 50.3 Å². The van der Waals surface area contributed by atoms with E-state index < -0.39 is 0 Å². The van der Waals surface area contributed by atoms with Gasteiger partial charge in [0.2, 0.25) is 0 Å². The monoisotopic (exact) mass is 533 g/mol. The van der Waals surface area contributed by atoms with Gasteiger partial charge in [0.15, 0.2) is 5.96 Å². The average Bonchev–Trinajstić information content (AvgIpc) is 3.55.